The topological polar surface area (TPSA) is 91.8 Å². The number of carbonyl (C=O) groups excluding carboxylic acids is 1. The van der Waals surface area contributed by atoms with Crippen LogP contribution in [-0.4, -0.2) is 5.91 Å². The van der Waals surface area contributed by atoms with Gasteiger partial charge in [-0.15, -0.1) is 0 Å². The average Bonchev–Trinajstić information content (AvgIpc) is 1.66. The summed E-state index contributed by atoms with van der Waals surface area (Å²) in [6, 6.07) is 0. The predicted molar refractivity (Wildman–Crippen MR) is 27.5 cm³/mol. The van der Waals surface area contributed by atoms with Gasteiger partial charge in [-0.05, 0) is 5.53 Å². The lowest BCUT2D eigenvalue weighted by Gasteiger charge is -1.70. The van der Waals surface area contributed by atoms with Crippen LogP contribution in [0.3, 0.4) is 0 Å². The fraction of sp³-hybridized carbons (Fsp3) is 0. The molecule has 0 rings (SSSR count). The van der Waals surface area contributed by atoms with Gasteiger partial charge in [0, 0.05) is 17.2 Å². The van der Waals surface area contributed by atoms with Gasteiger partial charge in [-0.1, -0.05) is 5.11 Å². The van der Waals surface area contributed by atoms with Crippen molar-refractivity contribution in [2.45, 2.75) is 0 Å². The lowest BCUT2D eigenvalue weighted by molar-refractivity contribution is -0.113. The molecule has 1 amide bonds. The van der Waals surface area contributed by atoms with E-state index in [4.69, 9.17) is 5.53 Å². The summed E-state index contributed by atoms with van der Waals surface area (Å²) in [5.74, 6) is -0.627. The van der Waals surface area contributed by atoms with Crippen LogP contribution in [0.1, 0.15) is 0 Å². The van der Waals surface area contributed by atoms with Crippen LogP contribution in [0.5, 0.6) is 0 Å². The molecule has 0 aliphatic carbocycles. The first-order chi connectivity index (χ1) is 3.77. The van der Waals surface area contributed by atoms with Crippen molar-refractivity contribution in [2.75, 3.05) is 0 Å². The molecule has 0 aliphatic heterocycles. The van der Waals surface area contributed by atoms with Gasteiger partial charge < -0.3 is 5.73 Å². The van der Waals surface area contributed by atoms with Crippen LogP contribution in [0.4, 0.5) is 0 Å². The van der Waals surface area contributed by atoms with Crippen LogP contribution in [0, 0.1) is 0 Å². The van der Waals surface area contributed by atoms with Gasteiger partial charge in [-0.3, -0.25) is 4.79 Å². The molecule has 0 saturated carbocycles. The van der Waals surface area contributed by atoms with Crippen molar-refractivity contribution in [3.05, 3.63) is 22.7 Å². The number of hydrogen-bond donors (Lipinski definition) is 1. The van der Waals surface area contributed by atoms with Gasteiger partial charge in [0.2, 0.25) is 5.91 Å². The maximum Gasteiger partial charge on any atom is 0.241 e. The zero-order valence-electron chi connectivity index (χ0n) is 3.98. The highest BCUT2D eigenvalue weighted by Gasteiger charge is 1.75. The fourth-order valence-electron chi connectivity index (χ4n) is 0.137. The first-order valence-corrected chi connectivity index (χ1v) is 1.77. The highest BCUT2D eigenvalue weighted by atomic mass is 16.1. The molecule has 0 aromatic rings. The Morgan fingerprint density at radius 1 is 1.88 bits per heavy atom. The molecule has 5 heteroatoms. The Balaban J connectivity index is 3.67. The number of rotatable bonds is 2. The quantitative estimate of drug-likeness (QED) is 0.236. The average molecular weight is 112 g/mol. The molecule has 0 aliphatic rings. The van der Waals surface area contributed by atoms with E-state index in [1.54, 1.807) is 0 Å². The second-order valence-electron chi connectivity index (χ2n) is 0.923. The standard InChI is InChI=1S/C3H4N4O/c4-3(8)1-2-6-7-5/h1-2H,(H2,4,8)/b2-1-. The van der Waals surface area contributed by atoms with Crippen LogP contribution in [0.2, 0.25) is 0 Å². The molecule has 0 heterocycles. The summed E-state index contributed by atoms with van der Waals surface area (Å²) in [7, 11) is 0. The highest BCUT2D eigenvalue weighted by molar-refractivity contribution is 5.85. The molecular formula is C3H4N4O. The molecule has 0 atom stereocenters. The molecule has 0 aromatic carbocycles. The Morgan fingerprint density at radius 3 is 2.88 bits per heavy atom. The van der Waals surface area contributed by atoms with E-state index in [9.17, 15) is 4.79 Å². The van der Waals surface area contributed by atoms with E-state index in [1.165, 1.54) is 0 Å². The molecule has 0 bridgehead atoms. The highest BCUT2D eigenvalue weighted by Crippen LogP contribution is 1.71. The van der Waals surface area contributed by atoms with Crippen molar-refractivity contribution in [2.24, 2.45) is 10.8 Å². The van der Waals surface area contributed by atoms with Crippen LogP contribution >= 0.6 is 0 Å². The van der Waals surface area contributed by atoms with Crippen molar-refractivity contribution in [1.29, 1.82) is 0 Å². The number of carbonyl (C=O) groups is 1. The Bertz CT molecular complexity index is 151. The number of amides is 1. The maximum atomic E-state index is 9.83. The van der Waals surface area contributed by atoms with Gasteiger partial charge in [0.25, 0.3) is 0 Å². The first kappa shape index (κ1) is 6.52. The minimum Gasteiger partial charge on any atom is -0.366 e. The molecule has 8 heavy (non-hydrogen) atoms. The Morgan fingerprint density at radius 2 is 2.50 bits per heavy atom. The molecule has 5 nitrogen and oxygen atoms in total. The van der Waals surface area contributed by atoms with Crippen molar-refractivity contribution < 1.29 is 4.79 Å². The van der Waals surface area contributed by atoms with Crippen LogP contribution in [0.25, 0.3) is 10.4 Å². The normalized spacial score (nSPS) is 8.50. The molecule has 2 N–H and O–H groups in total. The van der Waals surface area contributed by atoms with Crippen LogP contribution in [0.15, 0.2) is 17.4 Å². The fourth-order valence-corrected chi connectivity index (χ4v) is 0.137. The van der Waals surface area contributed by atoms with Crippen molar-refractivity contribution in [3.8, 4) is 0 Å². The molecule has 0 fully saturated rings. The van der Waals surface area contributed by atoms with Gasteiger partial charge in [0.15, 0.2) is 0 Å². The third-order valence-corrected chi connectivity index (χ3v) is 0.357. The van der Waals surface area contributed by atoms with Crippen molar-refractivity contribution in [3.63, 3.8) is 0 Å². The summed E-state index contributed by atoms with van der Waals surface area (Å²) in [6.07, 6.45) is 1.96. The Hall–Kier alpha value is -1.48. The van der Waals surface area contributed by atoms with Gasteiger partial charge in [0.1, 0.15) is 0 Å². The largest absolute Gasteiger partial charge is 0.366 e. The molecule has 0 aromatic heterocycles. The summed E-state index contributed by atoms with van der Waals surface area (Å²) >= 11 is 0. The number of azide groups is 1. The maximum absolute atomic E-state index is 9.83. The molecule has 0 radical (unpaired) electrons. The molecule has 0 saturated heterocycles. The number of nitrogens with two attached hydrogens (primary N) is 1. The Labute approximate surface area is 45.4 Å². The second kappa shape index (κ2) is 3.70. The SMILES string of the molecule is [N-]=[N+]=N/C=C\C(N)=O. The zero-order chi connectivity index (χ0) is 6.41. The van der Waals surface area contributed by atoms with Crippen molar-refractivity contribution in [1.82, 2.24) is 0 Å². The first-order valence-electron chi connectivity index (χ1n) is 1.77. The summed E-state index contributed by atoms with van der Waals surface area (Å²) in [5, 5.41) is 2.91. The molecule has 0 unspecified atom stereocenters. The second-order valence-corrected chi connectivity index (χ2v) is 0.923. The van der Waals surface area contributed by atoms with Crippen molar-refractivity contribution >= 4 is 5.91 Å². The summed E-state index contributed by atoms with van der Waals surface area (Å²) in [5.41, 5.74) is 12.3. The minimum absolute atomic E-state index is 0.627. The third kappa shape index (κ3) is 4.52. The minimum atomic E-state index is -0.627. The molecule has 42 valence electrons. The summed E-state index contributed by atoms with van der Waals surface area (Å²) < 4.78 is 0. The lowest BCUT2D eigenvalue weighted by Crippen LogP contribution is -2.04. The number of hydrogen-bond acceptors (Lipinski definition) is 2. The van der Waals surface area contributed by atoms with E-state index in [0.717, 1.165) is 12.3 Å². The number of primary amides is 1. The van der Waals surface area contributed by atoms with Gasteiger partial charge in [-0.25, -0.2) is 0 Å². The molecule has 0 spiro atoms. The van der Waals surface area contributed by atoms with E-state index >= 15 is 0 Å². The predicted octanol–water partition coefficient (Wildman–Crippen LogP) is 0.296. The van der Waals surface area contributed by atoms with Gasteiger partial charge in [0.05, 0.1) is 0 Å². The van der Waals surface area contributed by atoms with E-state index in [0.29, 0.717) is 0 Å². The van der Waals surface area contributed by atoms with Gasteiger partial charge in [-0.2, -0.15) is 0 Å². The van der Waals surface area contributed by atoms with E-state index < -0.39 is 5.91 Å². The summed E-state index contributed by atoms with van der Waals surface area (Å²) in [6.45, 7) is 0. The van der Waals surface area contributed by atoms with Gasteiger partial charge >= 0.3 is 0 Å². The van der Waals surface area contributed by atoms with E-state index in [2.05, 4.69) is 15.8 Å². The van der Waals surface area contributed by atoms with Crippen LogP contribution < -0.4 is 5.73 Å². The van der Waals surface area contributed by atoms with E-state index in [1.807, 2.05) is 0 Å². The zero-order valence-corrected chi connectivity index (χ0v) is 3.98. The smallest absolute Gasteiger partial charge is 0.241 e. The Kier molecular flexibility index (Phi) is 3.02. The lowest BCUT2D eigenvalue weighted by atomic mass is 10.6. The monoisotopic (exact) mass is 112 g/mol. The van der Waals surface area contributed by atoms with E-state index in [-0.39, 0.29) is 0 Å². The third-order valence-electron chi connectivity index (χ3n) is 0.357. The van der Waals surface area contributed by atoms with Crippen LogP contribution in [-0.2, 0) is 4.79 Å². The summed E-state index contributed by atoms with van der Waals surface area (Å²) in [4.78, 5) is 12.2. The number of nitrogens with zero attached hydrogens (tertiary/aromatic N) is 3. The molecular weight excluding hydrogens is 108 g/mol.